The summed E-state index contributed by atoms with van der Waals surface area (Å²) in [5, 5.41) is 14.0. The van der Waals surface area contributed by atoms with E-state index in [2.05, 4.69) is 19.9 Å². The number of hydrogen-bond donors (Lipinski definition) is 1. The molecule has 0 unspecified atom stereocenters. The van der Waals surface area contributed by atoms with Gasteiger partial charge in [0.25, 0.3) is 0 Å². The Kier molecular flexibility index (Phi) is 6.44. The lowest BCUT2D eigenvalue weighted by Gasteiger charge is -2.17. The molecule has 1 N–H and O–H groups in total. The van der Waals surface area contributed by atoms with Crippen LogP contribution in [0.25, 0.3) is 15.7 Å². The summed E-state index contributed by atoms with van der Waals surface area (Å²) in [5.41, 5.74) is 0.248. The van der Waals surface area contributed by atoms with E-state index in [0.717, 1.165) is 6.07 Å². The number of nitrogens with zero attached hydrogens (tertiary/aromatic N) is 6. The van der Waals surface area contributed by atoms with Gasteiger partial charge in [-0.15, -0.1) is 0 Å². The molecule has 13 heteroatoms. The zero-order valence-electron chi connectivity index (χ0n) is 19.2. The average molecular weight is 503 g/mol. The van der Waals surface area contributed by atoms with E-state index in [1.165, 1.54) is 27.4 Å². The van der Waals surface area contributed by atoms with E-state index in [1.807, 2.05) is 6.92 Å². The molecule has 0 aliphatic carbocycles. The van der Waals surface area contributed by atoms with Crippen LogP contribution in [0.5, 0.6) is 6.01 Å². The summed E-state index contributed by atoms with van der Waals surface area (Å²) >= 11 is 0. The molecule has 1 saturated heterocycles. The largest absolute Gasteiger partial charge is 0.481 e. The van der Waals surface area contributed by atoms with Gasteiger partial charge in [-0.2, -0.15) is 9.40 Å². The first kappa shape index (κ1) is 24.5. The molecule has 1 aromatic carbocycles. The molecule has 3 aromatic rings. The molecule has 0 bridgehead atoms. The normalized spacial score (nSPS) is 18.7. The minimum atomic E-state index is -3.94. The van der Waals surface area contributed by atoms with E-state index in [1.54, 1.807) is 13.8 Å². The maximum Gasteiger partial charge on any atom is 0.316 e. The van der Waals surface area contributed by atoms with Gasteiger partial charge in [-0.1, -0.05) is 6.92 Å². The van der Waals surface area contributed by atoms with Crippen molar-refractivity contribution in [3.63, 3.8) is 0 Å². The van der Waals surface area contributed by atoms with Gasteiger partial charge in [0.15, 0.2) is 0 Å². The number of sulfonamides is 1. The fourth-order valence-corrected chi connectivity index (χ4v) is 5.55. The maximum atomic E-state index is 14.5. The van der Waals surface area contributed by atoms with Crippen molar-refractivity contribution in [1.82, 2.24) is 24.1 Å². The Labute approximate surface area is 201 Å². The Morgan fingerprint density at radius 1 is 1.31 bits per heavy atom. The molecule has 0 saturated carbocycles. The van der Waals surface area contributed by atoms with Gasteiger partial charge in [-0.25, -0.2) is 27.6 Å². The molecule has 2 aromatic heterocycles. The van der Waals surface area contributed by atoms with E-state index >= 15 is 0 Å². The molecule has 1 fully saturated rings. The topological polar surface area (TPSA) is 132 Å². The van der Waals surface area contributed by atoms with Crippen LogP contribution in [0.3, 0.4) is 0 Å². The summed E-state index contributed by atoms with van der Waals surface area (Å²) in [6, 6.07) is 2.01. The van der Waals surface area contributed by atoms with Gasteiger partial charge < -0.3 is 9.84 Å². The molecule has 0 amide bonds. The Bertz CT molecular complexity index is 1430. The van der Waals surface area contributed by atoms with Crippen molar-refractivity contribution in [2.75, 3.05) is 13.1 Å². The predicted octanol–water partition coefficient (Wildman–Crippen LogP) is 2.81. The number of carbonyl (C=O) groups is 1. The molecule has 0 spiro atoms. The van der Waals surface area contributed by atoms with Crippen LogP contribution >= 0.6 is 0 Å². The smallest absolute Gasteiger partial charge is 0.316 e. The molecule has 1 aliphatic rings. The minimum absolute atomic E-state index is 0.0310. The number of rotatable bonds is 7. The highest BCUT2D eigenvalue weighted by atomic mass is 32.2. The first-order valence-corrected chi connectivity index (χ1v) is 12.2. The van der Waals surface area contributed by atoms with Crippen LogP contribution in [0.4, 0.5) is 10.1 Å². The van der Waals surface area contributed by atoms with Gasteiger partial charge in [0.2, 0.25) is 15.7 Å². The second-order valence-electron chi connectivity index (χ2n) is 8.63. The standard InChI is InChI=1S/C22H23FN6O5S/c1-12(2)34-22-25-8-14(9-26-22)35(32,33)28-10-13(3)20(11-28)29-19-6-16(23)18(24-4)5-15(19)17(27-29)7-21(30)31/h5-6,8-9,12-13,20H,7,10-11H2,1-3H3,(H,30,31)/t13-,20+/m1/s1. The molecule has 2 atom stereocenters. The van der Waals surface area contributed by atoms with Gasteiger partial charge in [0, 0.05) is 18.5 Å². The van der Waals surface area contributed by atoms with E-state index in [9.17, 15) is 22.7 Å². The predicted molar refractivity (Wildman–Crippen MR) is 122 cm³/mol. The number of fused-ring (bicyclic) bond motifs is 1. The number of carboxylic acids is 1. The number of aromatic nitrogens is 4. The highest BCUT2D eigenvalue weighted by molar-refractivity contribution is 7.89. The monoisotopic (exact) mass is 502 g/mol. The zero-order chi connectivity index (χ0) is 25.5. The van der Waals surface area contributed by atoms with E-state index < -0.39 is 34.3 Å². The highest BCUT2D eigenvalue weighted by Crippen LogP contribution is 2.36. The Morgan fingerprint density at radius 3 is 2.60 bits per heavy atom. The summed E-state index contributed by atoms with van der Waals surface area (Å²) in [7, 11) is -3.94. The molecule has 3 heterocycles. The third kappa shape index (κ3) is 4.67. The zero-order valence-corrected chi connectivity index (χ0v) is 20.0. The second kappa shape index (κ2) is 9.20. The van der Waals surface area contributed by atoms with Gasteiger partial charge in [0.1, 0.15) is 10.7 Å². The lowest BCUT2D eigenvalue weighted by atomic mass is 10.1. The summed E-state index contributed by atoms with van der Waals surface area (Å²) < 4.78 is 49.1. The van der Waals surface area contributed by atoms with E-state index in [0.29, 0.717) is 10.9 Å². The van der Waals surface area contributed by atoms with Crippen molar-refractivity contribution in [2.24, 2.45) is 5.92 Å². The molecule has 184 valence electrons. The summed E-state index contributed by atoms with van der Waals surface area (Å²) in [6.07, 6.45) is 1.79. The third-order valence-corrected chi connectivity index (χ3v) is 7.51. The van der Waals surface area contributed by atoms with Crippen molar-refractivity contribution in [3.05, 3.63) is 47.5 Å². The maximum absolute atomic E-state index is 14.5. The van der Waals surface area contributed by atoms with E-state index in [4.69, 9.17) is 11.3 Å². The van der Waals surface area contributed by atoms with Crippen LogP contribution in [-0.2, 0) is 21.2 Å². The fraction of sp³-hybridized carbons (Fsp3) is 0.409. The molecule has 11 nitrogen and oxygen atoms in total. The first-order valence-electron chi connectivity index (χ1n) is 10.8. The average Bonchev–Trinajstić information content (AvgIpc) is 3.33. The van der Waals surface area contributed by atoms with Gasteiger partial charge >= 0.3 is 12.0 Å². The lowest BCUT2D eigenvalue weighted by Crippen LogP contribution is -2.29. The number of ether oxygens (including phenoxy) is 1. The van der Waals surface area contributed by atoms with Gasteiger partial charge in [0.05, 0.1) is 48.7 Å². The van der Waals surface area contributed by atoms with Crippen molar-refractivity contribution < 1.29 is 27.4 Å². The van der Waals surface area contributed by atoms with Crippen LogP contribution in [0.15, 0.2) is 29.4 Å². The number of aliphatic carboxylic acids is 1. The van der Waals surface area contributed by atoms with Crippen molar-refractivity contribution in [1.29, 1.82) is 0 Å². The summed E-state index contributed by atoms with van der Waals surface area (Å²) in [5.74, 6) is -2.11. The first-order chi connectivity index (χ1) is 16.5. The van der Waals surface area contributed by atoms with Crippen LogP contribution in [0.1, 0.15) is 32.5 Å². The van der Waals surface area contributed by atoms with Crippen molar-refractivity contribution in [3.8, 4) is 6.01 Å². The molecular weight excluding hydrogens is 479 g/mol. The van der Waals surface area contributed by atoms with E-state index in [-0.39, 0.29) is 47.4 Å². The van der Waals surface area contributed by atoms with Crippen molar-refractivity contribution in [2.45, 2.75) is 44.2 Å². The quantitative estimate of drug-likeness (QED) is 0.488. The minimum Gasteiger partial charge on any atom is -0.481 e. The van der Waals surface area contributed by atoms with Gasteiger partial charge in [-0.05, 0) is 31.9 Å². The Morgan fingerprint density at radius 2 is 2.00 bits per heavy atom. The fourth-order valence-electron chi connectivity index (χ4n) is 4.10. The molecule has 4 rings (SSSR count). The van der Waals surface area contributed by atoms with Crippen LogP contribution in [0, 0.1) is 18.3 Å². The second-order valence-corrected chi connectivity index (χ2v) is 10.6. The number of carboxylic acid groups (broad SMARTS) is 1. The van der Waals surface area contributed by atoms with Crippen LogP contribution in [-0.4, -0.2) is 62.7 Å². The van der Waals surface area contributed by atoms with Gasteiger partial charge in [-0.3, -0.25) is 9.48 Å². The Balaban J connectivity index is 1.68. The molecule has 0 radical (unpaired) electrons. The lowest BCUT2D eigenvalue weighted by molar-refractivity contribution is -0.136. The number of benzene rings is 1. The summed E-state index contributed by atoms with van der Waals surface area (Å²) in [6.45, 7) is 12.8. The molecule has 1 aliphatic heterocycles. The van der Waals surface area contributed by atoms with Crippen LogP contribution < -0.4 is 4.74 Å². The molecule has 35 heavy (non-hydrogen) atoms. The third-order valence-electron chi connectivity index (χ3n) is 5.73. The summed E-state index contributed by atoms with van der Waals surface area (Å²) in [4.78, 5) is 22.4. The highest BCUT2D eigenvalue weighted by Gasteiger charge is 2.40. The SMILES string of the molecule is [C-]#[N+]c1cc2c(CC(=O)O)nn([C@H]3CN(S(=O)(=O)c4cnc(OC(C)C)nc4)C[C@H]3C)c2cc1F. The number of halogens is 1. The van der Waals surface area contributed by atoms with Crippen LogP contribution in [0.2, 0.25) is 0 Å². The van der Waals surface area contributed by atoms with Crippen molar-refractivity contribution >= 4 is 32.6 Å². The Hall–Kier alpha value is -3.63. The molecular formula is C22H23FN6O5S. The number of hydrogen-bond acceptors (Lipinski definition) is 7.